The molecule has 42 heteroatoms. The molecule has 0 radical (unpaired) electrons. The molecule has 0 saturated carbocycles. The van der Waals surface area contributed by atoms with Crippen LogP contribution in [0, 0.1) is 0 Å². The Morgan fingerprint density at radius 3 is 0.214 bits per heavy atom. The molecule has 0 bridgehead atoms. The van der Waals surface area contributed by atoms with Gasteiger partial charge in [-0.3, -0.25) is 58.7 Å². The van der Waals surface area contributed by atoms with E-state index >= 15 is 0 Å². The maximum absolute atomic E-state index is 10.4. The molecule has 0 rings (SSSR count). The molecule has 0 spiro atoms. The standard InChI is InChI=1S/6FH2O3P.12HI/c6*1-5(2,3)4;;;;;;;;;;;;/h6*(H2,2,3,4);12*1H. The Bertz CT molecular complexity index is 510. The molecule has 0 atom stereocenters. The minimum Gasteiger partial charge on any atom is -0.299 e. The Kier molecular flexibility index (Phi) is 166. The molecule has 0 aliphatic carbocycles. The van der Waals surface area contributed by atoms with Crippen LogP contribution in [-0.2, 0) is 27.4 Å². The van der Waals surface area contributed by atoms with Crippen molar-refractivity contribution in [1.82, 2.24) is 0 Å². The fourth-order valence-corrected chi connectivity index (χ4v) is 0. The molecule has 0 aliphatic heterocycles. The average Bonchev–Trinajstić information content (AvgIpc) is 1.94. The Hall–Kier alpha value is 9.24. The largest absolute Gasteiger partial charge is 0.507 e. The van der Waals surface area contributed by atoms with Crippen LogP contribution >= 0.6 is 335 Å². The third-order valence-corrected chi connectivity index (χ3v) is 0. The van der Waals surface area contributed by atoms with Gasteiger partial charge in [-0.25, -0.2) is 27.4 Å². The zero-order chi connectivity index (χ0) is 27.0. The van der Waals surface area contributed by atoms with Crippen LogP contribution < -0.4 is 0 Å². The SMILES string of the molecule is I.I.I.I.I.I.I.I.I.I.I.I.O=P(O)(O)F.O=P(O)(O)F.O=P(O)(O)F.O=P(O)(O)F.O=P(O)(O)F.O=P(O)(O)F. The highest BCUT2D eigenvalue weighted by atomic mass is 127. The van der Waals surface area contributed by atoms with Gasteiger partial charge in [0.2, 0.25) is 0 Å². The number of halogens is 18. The molecule has 0 aromatic rings. The van der Waals surface area contributed by atoms with E-state index in [2.05, 4.69) is 0 Å². The summed E-state index contributed by atoms with van der Waals surface area (Å²) in [5, 5.41) is 0. The Labute approximate surface area is 437 Å². The lowest BCUT2D eigenvalue weighted by atomic mass is 15.8. The van der Waals surface area contributed by atoms with Crippen molar-refractivity contribution < 1.29 is 111 Å². The van der Waals surface area contributed by atoms with E-state index in [4.69, 9.17) is 86.1 Å². The van der Waals surface area contributed by atoms with E-state index < -0.39 is 47.4 Å². The molecule has 0 unspecified atom stereocenters. The Balaban J connectivity index is -0.00000000973. The van der Waals surface area contributed by atoms with E-state index in [1.165, 1.54) is 0 Å². The predicted molar refractivity (Wildman–Crippen MR) is 264 cm³/mol. The van der Waals surface area contributed by atoms with Crippen molar-refractivity contribution in [3.05, 3.63) is 0 Å². The summed E-state index contributed by atoms with van der Waals surface area (Å²) in [7, 11) is -30.8. The maximum Gasteiger partial charge on any atom is 0.507 e. The van der Waals surface area contributed by atoms with E-state index in [1.807, 2.05) is 0 Å². The van der Waals surface area contributed by atoms with Gasteiger partial charge < -0.3 is 0 Å². The molecule has 0 aromatic heterocycles. The predicted octanol–water partition coefficient (Wildman–Crippen LogP) is 7.71. The van der Waals surface area contributed by atoms with Gasteiger partial charge in [0.15, 0.2) is 0 Å². The first-order chi connectivity index (χ1) is 12.0. The topological polar surface area (TPSA) is 345 Å². The van der Waals surface area contributed by atoms with Crippen molar-refractivity contribution in [3.8, 4) is 0 Å². The molecule has 12 N–H and O–H groups in total. The quantitative estimate of drug-likeness (QED) is 0.0627. The van der Waals surface area contributed by atoms with Gasteiger partial charge in [-0.1, -0.05) is 0 Å². The third kappa shape index (κ3) is 1340. The summed E-state index contributed by atoms with van der Waals surface area (Å²) in [6.07, 6.45) is 0. The van der Waals surface area contributed by atoms with E-state index in [0.717, 1.165) is 0 Å². The minimum atomic E-state index is -5.14. The summed E-state index contributed by atoms with van der Waals surface area (Å²) in [5.74, 6) is 0. The van der Waals surface area contributed by atoms with Crippen molar-refractivity contribution >= 4 is 335 Å². The van der Waals surface area contributed by atoms with Crippen molar-refractivity contribution in [2.24, 2.45) is 0 Å². The summed E-state index contributed by atoms with van der Waals surface area (Å²) in [6, 6.07) is 0. The Morgan fingerprint density at radius 1 is 0.214 bits per heavy atom. The van der Waals surface area contributed by atoms with Crippen LogP contribution in [0.4, 0.5) is 25.2 Å². The second kappa shape index (κ2) is 59.5. The molecule has 18 nitrogen and oxygen atoms in total. The molecule has 42 heavy (non-hydrogen) atoms. The minimum absolute atomic E-state index is 0. The van der Waals surface area contributed by atoms with E-state index in [-0.39, 0.29) is 288 Å². The van der Waals surface area contributed by atoms with Gasteiger partial charge in [-0.15, -0.1) is 313 Å². The van der Waals surface area contributed by atoms with Gasteiger partial charge in [0.1, 0.15) is 0 Å². The monoisotopic (exact) mass is 2130 g/mol. The molecular weight excluding hydrogens is 2110 g/mol. The smallest absolute Gasteiger partial charge is 0.299 e. The van der Waals surface area contributed by atoms with Crippen LogP contribution in [0.3, 0.4) is 0 Å². The Morgan fingerprint density at radius 2 is 0.214 bits per heavy atom. The lowest BCUT2D eigenvalue weighted by Crippen LogP contribution is -1.56. The lowest BCUT2D eigenvalue weighted by molar-refractivity contribution is 0.320. The van der Waals surface area contributed by atoms with Crippen molar-refractivity contribution in [2.75, 3.05) is 0 Å². The fourth-order valence-electron chi connectivity index (χ4n) is 0. The van der Waals surface area contributed by atoms with E-state index in [1.54, 1.807) is 0 Å². The number of rotatable bonds is 0. The second-order valence-corrected chi connectivity index (χ2v) is 8.51. The molecule has 288 valence electrons. The first-order valence-corrected chi connectivity index (χ1v) is 13.5. The van der Waals surface area contributed by atoms with Gasteiger partial charge in [0.05, 0.1) is 0 Å². The third-order valence-electron chi connectivity index (χ3n) is 0. The van der Waals surface area contributed by atoms with Gasteiger partial charge in [-0.2, -0.15) is 0 Å². The highest BCUT2D eigenvalue weighted by molar-refractivity contribution is 14.0. The first kappa shape index (κ1) is 117. The zero-order valence-corrected chi connectivity index (χ0v) is 51.0. The van der Waals surface area contributed by atoms with Crippen LogP contribution in [0.1, 0.15) is 0 Å². The second-order valence-electron chi connectivity index (χ2n) is 2.84. The van der Waals surface area contributed by atoms with E-state index in [0.29, 0.717) is 0 Å². The van der Waals surface area contributed by atoms with Crippen molar-refractivity contribution in [2.45, 2.75) is 0 Å². The van der Waals surface area contributed by atoms with Crippen LogP contribution in [0.15, 0.2) is 0 Å². The van der Waals surface area contributed by atoms with Gasteiger partial charge in [-0.05, 0) is 0 Å². The van der Waals surface area contributed by atoms with E-state index in [9.17, 15) is 25.2 Å². The maximum atomic E-state index is 10.4. The molecule has 0 saturated heterocycles. The first-order valence-electron chi connectivity index (χ1n) is 4.51. The highest BCUT2D eigenvalue weighted by Gasteiger charge is 2.06. The lowest BCUT2D eigenvalue weighted by Gasteiger charge is -1.78. The summed E-state index contributed by atoms with van der Waals surface area (Å²) < 4.78 is 114. The summed E-state index contributed by atoms with van der Waals surface area (Å²) in [6.45, 7) is 0. The average molecular weight is 2130 g/mol. The molecule has 0 amide bonds. The molecule has 0 aliphatic rings. The molecule has 0 fully saturated rings. The summed E-state index contributed by atoms with van der Waals surface area (Å²) in [4.78, 5) is 83.6. The van der Waals surface area contributed by atoms with Crippen LogP contribution in [0.5, 0.6) is 0 Å². The van der Waals surface area contributed by atoms with Crippen molar-refractivity contribution in [1.29, 1.82) is 0 Å². The van der Waals surface area contributed by atoms with Crippen molar-refractivity contribution in [3.63, 3.8) is 0 Å². The summed E-state index contributed by atoms with van der Waals surface area (Å²) >= 11 is 0. The number of hydrogen-bond acceptors (Lipinski definition) is 6. The van der Waals surface area contributed by atoms with Gasteiger partial charge in [0.25, 0.3) is 0 Å². The fraction of sp³-hybridized carbons (Fsp3) is 0. The zero-order valence-electron chi connectivity index (χ0n) is 17.7. The van der Waals surface area contributed by atoms with Crippen LogP contribution in [0.25, 0.3) is 0 Å². The molecular formula is H24F6I12O18P6. The van der Waals surface area contributed by atoms with Crippen LogP contribution in [-0.4, -0.2) is 58.7 Å². The number of hydrogen-bond donors (Lipinski definition) is 12. The highest BCUT2D eigenvalue weighted by Crippen LogP contribution is 2.37. The van der Waals surface area contributed by atoms with Gasteiger partial charge in [0, 0.05) is 0 Å². The molecule has 0 aromatic carbocycles. The van der Waals surface area contributed by atoms with Gasteiger partial charge >= 0.3 is 47.4 Å². The van der Waals surface area contributed by atoms with Crippen LogP contribution in [0.2, 0.25) is 0 Å². The summed E-state index contributed by atoms with van der Waals surface area (Å²) in [5.41, 5.74) is 0. The molecule has 0 heterocycles. The normalized spacial score (nSPS) is 8.43.